The first-order valence-corrected chi connectivity index (χ1v) is 7.70. The van der Waals surface area contributed by atoms with Gasteiger partial charge in [-0.15, -0.1) is 0 Å². The SMILES string of the molecule is CC(=O)c1cccc(NC(=O)C[C@H](c2ccco2)n2cccc2)c1. The number of benzene rings is 1. The molecule has 0 aliphatic rings. The summed E-state index contributed by atoms with van der Waals surface area (Å²) in [6, 6.07) is 14.2. The maximum Gasteiger partial charge on any atom is 0.226 e. The summed E-state index contributed by atoms with van der Waals surface area (Å²) in [5, 5.41) is 2.85. The van der Waals surface area contributed by atoms with Gasteiger partial charge >= 0.3 is 0 Å². The van der Waals surface area contributed by atoms with E-state index >= 15 is 0 Å². The van der Waals surface area contributed by atoms with E-state index in [4.69, 9.17) is 4.42 Å². The van der Waals surface area contributed by atoms with Gasteiger partial charge in [0, 0.05) is 23.6 Å². The Labute approximate surface area is 139 Å². The highest BCUT2D eigenvalue weighted by Crippen LogP contribution is 2.23. The van der Waals surface area contributed by atoms with Gasteiger partial charge in [0.2, 0.25) is 5.91 Å². The number of rotatable bonds is 6. The van der Waals surface area contributed by atoms with Crippen molar-refractivity contribution >= 4 is 17.4 Å². The molecular weight excluding hydrogens is 304 g/mol. The van der Waals surface area contributed by atoms with Crippen LogP contribution in [0.2, 0.25) is 0 Å². The first-order chi connectivity index (χ1) is 11.6. The van der Waals surface area contributed by atoms with E-state index in [0.29, 0.717) is 11.3 Å². The number of anilines is 1. The fourth-order valence-corrected chi connectivity index (χ4v) is 2.59. The fraction of sp³-hybridized carbons (Fsp3) is 0.158. The zero-order chi connectivity index (χ0) is 16.9. The van der Waals surface area contributed by atoms with Gasteiger partial charge in [-0.25, -0.2) is 0 Å². The van der Waals surface area contributed by atoms with E-state index in [9.17, 15) is 9.59 Å². The summed E-state index contributed by atoms with van der Waals surface area (Å²) in [7, 11) is 0. The van der Waals surface area contributed by atoms with Crippen LogP contribution in [-0.2, 0) is 4.79 Å². The first-order valence-electron chi connectivity index (χ1n) is 7.70. The standard InChI is InChI=1S/C19H18N2O3/c1-14(22)15-6-4-7-16(12-15)20-19(23)13-17(18-8-5-11-24-18)21-9-2-3-10-21/h2-12,17H,13H2,1H3,(H,20,23)/t17-/m1/s1. The molecule has 1 aromatic carbocycles. The van der Waals surface area contributed by atoms with Crippen LogP contribution in [0.25, 0.3) is 0 Å². The number of carbonyl (C=O) groups is 2. The van der Waals surface area contributed by atoms with E-state index in [-0.39, 0.29) is 24.2 Å². The van der Waals surface area contributed by atoms with Crippen LogP contribution in [-0.4, -0.2) is 16.3 Å². The van der Waals surface area contributed by atoms with Crippen LogP contribution in [0.15, 0.2) is 71.6 Å². The van der Waals surface area contributed by atoms with Crippen molar-refractivity contribution in [1.82, 2.24) is 4.57 Å². The van der Waals surface area contributed by atoms with Gasteiger partial charge in [-0.3, -0.25) is 9.59 Å². The van der Waals surface area contributed by atoms with Gasteiger partial charge in [-0.2, -0.15) is 0 Å². The van der Waals surface area contributed by atoms with E-state index in [2.05, 4.69) is 5.32 Å². The van der Waals surface area contributed by atoms with Crippen molar-refractivity contribution in [2.75, 3.05) is 5.32 Å². The molecule has 0 unspecified atom stereocenters. The minimum atomic E-state index is -0.217. The highest BCUT2D eigenvalue weighted by Gasteiger charge is 2.20. The van der Waals surface area contributed by atoms with Crippen LogP contribution in [0.3, 0.4) is 0 Å². The molecule has 3 aromatic rings. The number of aromatic nitrogens is 1. The number of hydrogen-bond donors (Lipinski definition) is 1. The van der Waals surface area contributed by atoms with Crippen molar-refractivity contribution in [3.63, 3.8) is 0 Å². The van der Waals surface area contributed by atoms with E-state index < -0.39 is 0 Å². The van der Waals surface area contributed by atoms with E-state index in [1.165, 1.54) is 6.92 Å². The van der Waals surface area contributed by atoms with Crippen molar-refractivity contribution < 1.29 is 14.0 Å². The molecule has 2 aromatic heterocycles. The number of nitrogens with one attached hydrogen (secondary N) is 1. The molecular formula is C19H18N2O3. The predicted octanol–water partition coefficient (Wildman–Crippen LogP) is 3.90. The summed E-state index contributed by atoms with van der Waals surface area (Å²) in [6.45, 7) is 1.50. The lowest BCUT2D eigenvalue weighted by molar-refractivity contribution is -0.116. The summed E-state index contributed by atoms with van der Waals surface area (Å²) < 4.78 is 7.41. The Kier molecular flexibility index (Phi) is 4.61. The smallest absolute Gasteiger partial charge is 0.226 e. The van der Waals surface area contributed by atoms with E-state index in [1.807, 2.05) is 35.2 Å². The monoisotopic (exact) mass is 322 g/mol. The number of nitrogens with zero attached hydrogens (tertiary/aromatic N) is 1. The molecule has 1 atom stereocenters. The maximum atomic E-state index is 12.4. The van der Waals surface area contributed by atoms with Crippen molar-refractivity contribution in [1.29, 1.82) is 0 Å². The summed E-state index contributed by atoms with van der Waals surface area (Å²) >= 11 is 0. The molecule has 0 saturated heterocycles. The number of hydrogen-bond acceptors (Lipinski definition) is 3. The third-order valence-corrected chi connectivity index (χ3v) is 3.79. The van der Waals surface area contributed by atoms with Crippen LogP contribution in [0, 0.1) is 0 Å². The van der Waals surface area contributed by atoms with Gasteiger partial charge in [-0.05, 0) is 43.3 Å². The number of carbonyl (C=O) groups excluding carboxylic acids is 2. The van der Waals surface area contributed by atoms with Gasteiger partial charge in [0.15, 0.2) is 5.78 Å². The van der Waals surface area contributed by atoms with Crippen molar-refractivity contribution in [3.05, 3.63) is 78.5 Å². The Morgan fingerprint density at radius 2 is 1.92 bits per heavy atom. The lowest BCUT2D eigenvalue weighted by Gasteiger charge is -2.16. The summed E-state index contributed by atoms with van der Waals surface area (Å²) in [6.07, 6.45) is 5.63. The first kappa shape index (κ1) is 15.8. The van der Waals surface area contributed by atoms with Crippen LogP contribution in [0.1, 0.15) is 35.5 Å². The average Bonchev–Trinajstić information content (AvgIpc) is 3.26. The Hall–Kier alpha value is -3.08. The Bertz CT molecular complexity index is 786. The van der Waals surface area contributed by atoms with Gasteiger partial charge in [0.1, 0.15) is 5.76 Å². The van der Waals surface area contributed by atoms with Crippen molar-refractivity contribution in [2.45, 2.75) is 19.4 Å². The third-order valence-electron chi connectivity index (χ3n) is 3.79. The summed E-state index contributed by atoms with van der Waals surface area (Å²) in [5.41, 5.74) is 1.18. The van der Waals surface area contributed by atoms with E-state index in [0.717, 1.165) is 5.76 Å². The fourth-order valence-electron chi connectivity index (χ4n) is 2.59. The second kappa shape index (κ2) is 7.00. The second-order valence-electron chi connectivity index (χ2n) is 5.55. The van der Waals surface area contributed by atoms with Crippen LogP contribution < -0.4 is 5.32 Å². The van der Waals surface area contributed by atoms with E-state index in [1.54, 1.807) is 36.6 Å². The average molecular weight is 322 g/mol. The quantitative estimate of drug-likeness (QED) is 0.700. The topological polar surface area (TPSA) is 64.2 Å². The summed E-state index contributed by atoms with van der Waals surface area (Å²) in [5.74, 6) is 0.538. The van der Waals surface area contributed by atoms with Gasteiger partial charge in [0.05, 0.1) is 18.7 Å². The Morgan fingerprint density at radius 3 is 2.58 bits per heavy atom. The molecule has 0 spiro atoms. The van der Waals surface area contributed by atoms with Gasteiger partial charge in [0.25, 0.3) is 0 Å². The lowest BCUT2D eigenvalue weighted by atomic mass is 10.1. The minimum absolute atomic E-state index is 0.0353. The molecule has 0 radical (unpaired) electrons. The molecule has 3 rings (SSSR count). The highest BCUT2D eigenvalue weighted by molar-refractivity contribution is 5.97. The molecule has 0 aliphatic heterocycles. The Balaban J connectivity index is 1.75. The molecule has 5 heteroatoms. The molecule has 122 valence electrons. The summed E-state index contributed by atoms with van der Waals surface area (Å²) in [4.78, 5) is 23.9. The molecule has 1 amide bonds. The van der Waals surface area contributed by atoms with Gasteiger partial charge < -0.3 is 14.3 Å². The second-order valence-corrected chi connectivity index (χ2v) is 5.55. The minimum Gasteiger partial charge on any atom is -0.467 e. The number of furan rings is 1. The molecule has 0 saturated carbocycles. The van der Waals surface area contributed by atoms with Gasteiger partial charge in [-0.1, -0.05) is 12.1 Å². The molecule has 24 heavy (non-hydrogen) atoms. The molecule has 2 heterocycles. The highest BCUT2D eigenvalue weighted by atomic mass is 16.3. The molecule has 1 N–H and O–H groups in total. The maximum absolute atomic E-state index is 12.4. The largest absolute Gasteiger partial charge is 0.467 e. The van der Waals surface area contributed by atoms with Crippen LogP contribution >= 0.6 is 0 Å². The normalized spacial score (nSPS) is 11.9. The molecule has 0 fully saturated rings. The third kappa shape index (κ3) is 3.63. The Morgan fingerprint density at radius 1 is 1.12 bits per heavy atom. The zero-order valence-corrected chi connectivity index (χ0v) is 13.3. The number of Topliss-reactive ketones (excluding diaryl/α,β-unsaturated/α-hetero) is 1. The van der Waals surface area contributed by atoms with Crippen LogP contribution in [0.4, 0.5) is 5.69 Å². The molecule has 5 nitrogen and oxygen atoms in total. The lowest BCUT2D eigenvalue weighted by Crippen LogP contribution is -2.19. The number of ketones is 1. The van der Waals surface area contributed by atoms with Crippen LogP contribution in [0.5, 0.6) is 0 Å². The van der Waals surface area contributed by atoms with Crippen molar-refractivity contribution in [2.24, 2.45) is 0 Å². The zero-order valence-electron chi connectivity index (χ0n) is 13.3. The molecule has 0 bridgehead atoms. The van der Waals surface area contributed by atoms with Crippen molar-refractivity contribution in [3.8, 4) is 0 Å². The molecule has 0 aliphatic carbocycles. The number of amides is 1. The predicted molar refractivity (Wildman–Crippen MR) is 91.0 cm³/mol.